The molecule has 0 aliphatic heterocycles. The Morgan fingerprint density at radius 1 is 1.20 bits per heavy atom. The van der Waals surface area contributed by atoms with E-state index in [1.165, 1.54) is 6.07 Å². The van der Waals surface area contributed by atoms with E-state index in [2.05, 4.69) is 43.0 Å². The van der Waals surface area contributed by atoms with Crippen LogP contribution in [-0.4, -0.2) is 16.5 Å². The van der Waals surface area contributed by atoms with Crippen LogP contribution in [0.5, 0.6) is 0 Å². The number of nitrogens with one attached hydrogen (secondary N) is 1. The highest BCUT2D eigenvalue weighted by Gasteiger charge is 2.64. The molecule has 112 valence electrons. The fourth-order valence-corrected chi connectivity index (χ4v) is 2.73. The first-order chi connectivity index (χ1) is 8.96. The molecule has 1 heterocycles. The smallest absolute Gasteiger partial charge is 0.384 e. The fourth-order valence-electron chi connectivity index (χ4n) is 2.73. The molecule has 0 unspecified atom stereocenters. The highest BCUT2D eigenvalue weighted by atomic mass is 19.4. The molecule has 0 radical (unpaired) electrons. The van der Waals surface area contributed by atoms with Gasteiger partial charge in [0.2, 0.25) is 5.82 Å². The van der Waals surface area contributed by atoms with E-state index in [0.717, 1.165) is 0 Å². The largest absolute Gasteiger partial charge is 0.451 e. The molecule has 1 aliphatic rings. The number of hydrogen-bond acceptors (Lipinski definition) is 4. The van der Waals surface area contributed by atoms with Crippen molar-refractivity contribution in [2.45, 2.75) is 33.9 Å². The number of nitrogens with two attached hydrogens (primary N) is 1. The predicted molar refractivity (Wildman–Crippen MR) is 71.0 cm³/mol. The van der Waals surface area contributed by atoms with Crippen LogP contribution in [-0.2, 0) is 6.18 Å². The second-order valence-electron chi connectivity index (χ2n) is 6.38. The molecule has 1 aromatic rings. The van der Waals surface area contributed by atoms with E-state index in [-0.39, 0.29) is 22.5 Å². The maximum Gasteiger partial charge on any atom is 0.451 e. The lowest BCUT2D eigenvalue weighted by molar-refractivity contribution is -0.144. The molecular formula is C13H19F3N4. The van der Waals surface area contributed by atoms with Gasteiger partial charge in [-0.05, 0) is 16.7 Å². The van der Waals surface area contributed by atoms with Crippen molar-refractivity contribution < 1.29 is 13.2 Å². The van der Waals surface area contributed by atoms with Gasteiger partial charge in [0.1, 0.15) is 11.6 Å². The van der Waals surface area contributed by atoms with Gasteiger partial charge in [-0.25, -0.2) is 9.97 Å². The summed E-state index contributed by atoms with van der Waals surface area (Å²) in [7, 11) is 0. The van der Waals surface area contributed by atoms with Gasteiger partial charge in [0.15, 0.2) is 0 Å². The summed E-state index contributed by atoms with van der Waals surface area (Å²) in [6.45, 7) is 9.15. The number of hydrogen-bond donors (Lipinski definition) is 2. The van der Waals surface area contributed by atoms with Crippen LogP contribution in [0.2, 0.25) is 0 Å². The van der Waals surface area contributed by atoms with Crippen LogP contribution in [0.15, 0.2) is 6.07 Å². The average Bonchev–Trinajstić information content (AvgIpc) is 2.65. The Morgan fingerprint density at radius 2 is 1.75 bits per heavy atom. The first kappa shape index (κ1) is 14.9. The quantitative estimate of drug-likeness (QED) is 0.896. The number of nitrogens with zero attached hydrogens (tertiary/aromatic N) is 2. The van der Waals surface area contributed by atoms with Gasteiger partial charge in [0.25, 0.3) is 0 Å². The zero-order valence-electron chi connectivity index (χ0n) is 12.0. The highest BCUT2D eigenvalue weighted by molar-refractivity contribution is 5.45. The lowest BCUT2D eigenvalue weighted by Gasteiger charge is -2.10. The molecule has 1 fully saturated rings. The van der Waals surface area contributed by atoms with E-state index in [9.17, 15) is 13.2 Å². The lowest BCUT2D eigenvalue weighted by Crippen LogP contribution is -2.16. The van der Waals surface area contributed by atoms with Crippen molar-refractivity contribution in [1.29, 1.82) is 0 Å². The lowest BCUT2D eigenvalue weighted by atomic mass is 10.0. The molecule has 0 atom stereocenters. The summed E-state index contributed by atoms with van der Waals surface area (Å²) in [5.41, 5.74) is 5.71. The summed E-state index contributed by atoms with van der Waals surface area (Å²) in [4.78, 5) is 6.68. The summed E-state index contributed by atoms with van der Waals surface area (Å²) >= 11 is 0. The molecule has 1 saturated carbocycles. The third-order valence-electron chi connectivity index (χ3n) is 4.81. The Hall–Kier alpha value is -1.53. The van der Waals surface area contributed by atoms with Gasteiger partial charge >= 0.3 is 6.18 Å². The van der Waals surface area contributed by atoms with Gasteiger partial charge in [0, 0.05) is 12.6 Å². The predicted octanol–water partition coefficient (Wildman–Crippen LogP) is 3.17. The number of aromatic nitrogens is 2. The summed E-state index contributed by atoms with van der Waals surface area (Å²) in [6.07, 6.45) is -4.59. The third-order valence-corrected chi connectivity index (χ3v) is 4.81. The SMILES string of the molecule is CC1(C)C(CNc2cc(N)nc(C(F)(F)F)n2)C1(C)C. The van der Waals surface area contributed by atoms with E-state index in [4.69, 9.17) is 5.73 Å². The second kappa shape index (κ2) is 4.23. The standard InChI is InChI=1S/C13H19F3N4/c1-11(2)7(12(11,3)4)6-18-9-5-8(17)19-10(20-9)13(14,15)16/h5,7H,6H2,1-4H3,(H3,17,18,19,20). The molecular weight excluding hydrogens is 269 g/mol. The monoisotopic (exact) mass is 288 g/mol. The molecule has 0 amide bonds. The van der Waals surface area contributed by atoms with Gasteiger partial charge in [-0.3, -0.25) is 0 Å². The minimum absolute atomic E-state index is 0.114. The first-order valence-electron chi connectivity index (χ1n) is 6.42. The van der Waals surface area contributed by atoms with Gasteiger partial charge in [0.05, 0.1) is 0 Å². The van der Waals surface area contributed by atoms with Crippen molar-refractivity contribution in [3.8, 4) is 0 Å². The molecule has 0 aromatic carbocycles. The Labute approximate surface area is 116 Å². The number of anilines is 2. The first-order valence-corrected chi connectivity index (χ1v) is 6.42. The van der Waals surface area contributed by atoms with E-state index in [1.807, 2.05) is 0 Å². The van der Waals surface area contributed by atoms with E-state index in [1.54, 1.807) is 0 Å². The average molecular weight is 288 g/mol. The second-order valence-corrected chi connectivity index (χ2v) is 6.38. The maximum absolute atomic E-state index is 12.6. The van der Waals surface area contributed by atoms with Gasteiger partial charge in [-0.15, -0.1) is 0 Å². The van der Waals surface area contributed by atoms with Crippen molar-refractivity contribution in [2.24, 2.45) is 16.7 Å². The van der Waals surface area contributed by atoms with Crippen LogP contribution in [0, 0.1) is 16.7 Å². The van der Waals surface area contributed by atoms with Crippen LogP contribution in [0.1, 0.15) is 33.5 Å². The molecule has 20 heavy (non-hydrogen) atoms. The van der Waals surface area contributed by atoms with Crippen molar-refractivity contribution in [3.63, 3.8) is 0 Å². The van der Waals surface area contributed by atoms with Crippen LogP contribution >= 0.6 is 0 Å². The number of alkyl halides is 3. The summed E-state index contributed by atoms with van der Waals surface area (Å²) < 4.78 is 37.8. The van der Waals surface area contributed by atoms with Gasteiger partial charge < -0.3 is 11.1 Å². The number of rotatable bonds is 3. The topological polar surface area (TPSA) is 63.8 Å². The minimum atomic E-state index is -4.59. The maximum atomic E-state index is 12.6. The Morgan fingerprint density at radius 3 is 2.20 bits per heavy atom. The normalized spacial score (nSPS) is 20.8. The van der Waals surface area contributed by atoms with Gasteiger partial charge in [-0.2, -0.15) is 13.2 Å². The molecule has 0 spiro atoms. The zero-order valence-corrected chi connectivity index (χ0v) is 12.0. The van der Waals surface area contributed by atoms with Crippen LogP contribution < -0.4 is 11.1 Å². The molecule has 1 aromatic heterocycles. The molecule has 1 aliphatic carbocycles. The van der Waals surface area contributed by atoms with Crippen molar-refractivity contribution >= 4 is 11.6 Å². The van der Waals surface area contributed by atoms with Crippen LogP contribution in [0.3, 0.4) is 0 Å². The van der Waals surface area contributed by atoms with Gasteiger partial charge in [-0.1, -0.05) is 27.7 Å². The summed E-state index contributed by atoms with van der Waals surface area (Å²) in [5, 5.41) is 2.94. The third kappa shape index (κ3) is 2.41. The summed E-state index contributed by atoms with van der Waals surface area (Å²) in [6, 6.07) is 1.32. The minimum Gasteiger partial charge on any atom is -0.384 e. The van der Waals surface area contributed by atoms with Crippen molar-refractivity contribution in [2.75, 3.05) is 17.6 Å². The van der Waals surface area contributed by atoms with E-state index in [0.29, 0.717) is 12.5 Å². The van der Waals surface area contributed by atoms with Crippen LogP contribution in [0.4, 0.5) is 24.8 Å². The zero-order chi connectivity index (χ0) is 15.3. The molecule has 0 bridgehead atoms. The van der Waals surface area contributed by atoms with Crippen molar-refractivity contribution in [1.82, 2.24) is 9.97 Å². The van der Waals surface area contributed by atoms with E-state index < -0.39 is 12.0 Å². The molecule has 7 heteroatoms. The Bertz CT molecular complexity index is 509. The highest BCUT2D eigenvalue weighted by Crippen LogP contribution is 2.68. The number of nitrogen functional groups attached to an aromatic ring is 1. The Kier molecular flexibility index (Phi) is 3.15. The molecule has 4 nitrogen and oxygen atoms in total. The van der Waals surface area contributed by atoms with E-state index >= 15 is 0 Å². The molecule has 2 rings (SSSR count). The van der Waals surface area contributed by atoms with Crippen molar-refractivity contribution in [3.05, 3.63) is 11.9 Å². The molecule has 0 saturated heterocycles. The van der Waals surface area contributed by atoms with Crippen LogP contribution in [0.25, 0.3) is 0 Å². The Balaban J connectivity index is 2.10. The summed E-state index contributed by atoms with van der Waals surface area (Å²) in [5.74, 6) is -0.915. The molecule has 3 N–H and O–H groups in total. The number of halogens is 3. The fraction of sp³-hybridized carbons (Fsp3) is 0.692.